The van der Waals surface area contributed by atoms with Crippen molar-refractivity contribution in [3.05, 3.63) is 62.1 Å². The van der Waals surface area contributed by atoms with E-state index in [-0.39, 0.29) is 12.2 Å². The fraction of sp³-hybridized carbons (Fsp3) is 0.143. The minimum atomic E-state index is -0.460. The Morgan fingerprint density at radius 3 is 2.71 bits per heavy atom. The van der Waals surface area contributed by atoms with Crippen LogP contribution in [0.5, 0.6) is 5.75 Å². The average Bonchev–Trinajstić information content (AvgIpc) is 2.45. The van der Waals surface area contributed by atoms with Gasteiger partial charge in [-0.3, -0.25) is 10.1 Å². The number of anilines is 1. The highest BCUT2D eigenvalue weighted by atomic mass is 35.5. The van der Waals surface area contributed by atoms with Crippen molar-refractivity contribution in [1.82, 2.24) is 0 Å². The summed E-state index contributed by atoms with van der Waals surface area (Å²) in [6.45, 7) is 0.187. The van der Waals surface area contributed by atoms with E-state index in [1.54, 1.807) is 30.3 Å². The van der Waals surface area contributed by atoms with Gasteiger partial charge >= 0.3 is 0 Å². The lowest BCUT2D eigenvalue weighted by Gasteiger charge is -2.12. The number of nitro groups is 1. The molecular weight excluding hydrogens is 315 g/mol. The molecule has 0 aromatic heterocycles. The highest BCUT2D eigenvalue weighted by Crippen LogP contribution is 2.31. The van der Waals surface area contributed by atoms with Crippen LogP contribution in [0.15, 0.2) is 36.4 Å². The first-order chi connectivity index (χ1) is 10.0. The topological polar surface area (TPSA) is 64.4 Å². The molecule has 0 spiro atoms. The highest BCUT2D eigenvalue weighted by molar-refractivity contribution is 6.31. The summed E-state index contributed by atoms with van der Waals surface area (Å²) in [6.07, 6.45) is 0. The summed E-state index contributed by atoms with van der Waals surface area (Å²) >= 11 is 12.0. The van der Waals surface area contributed by atoms with Gasteiger partial charge in [0.15, 0.2) is 0 Å². The van der Waals surface area contributed by atoms with Gasteiger partial charge in [-0.2, -0.15) is 0 Å². The summed E-state index contributed by atoms with van der Waals surface area (Å²) in [5.74, 6) is 0.592. The number of halogens is 2. The van der Waals surface area contributed by atoms with Crippen LogP contribution in [-0.4, -0.2) is 12.0 Å². The quantitative estimate of drug-likeness (QED) is 0.648. The molecule has 0 amide bonds. The maximum atomic E-state index is 11.0. The second-order valence-electron chi connectivity index (χ2n) is 4.19. The molecule has 0 saturated heterocycles. The molecule has 0 bridgehead atoms. The molecule has 0 saturated carbocycles. The lowest BCUT2D eigenvalue weighted by Crippen LogP contribution is -2.05. The molecule has 0 unspecified atom stereocenters. The van der Waals surface area contributed by atoms with Gasteiger partial charge in [0.1, 0.15) is 5.75 Å². The molecule has 7 heteroatoms. The standard InChI is InChI=1S/C14H12Cl2N2O3/c1-21-14-6-5-9(15)7-12(14)17-8-10-11(16)3-2-4-13(10)18(19)20/h2-7,17H,8H2,1H3. The predicted octanol–water partition coefficient (Wildman–Crippen LogP) is 4.52. The van der Waals surface area contributed by atoms with E-state index in [9.17, 15) is 10.1 Å². The van der Waals surface area contributed by atoms with E-state index in [4.69, 9.17) is 27.9 Å². The zero-order valence-electron chi connectivity index (χ0n) is 11.1. The Balaban J connectivity index is 2.28. The maximum absolute atomic E-state index is 11.0. The third-order valence-electron chi connectivity index (χ3n) is 2.91. The number of methoxy groups -OCH3 is 1. The van der Waals surface area contributed by atoms with Crippen molar-refractivity contribution in [3.8, 4) is 5.75 Å². The molecule has 0 atom stereocenters. The van der Waals surface area contributed by atoms with Crippen LogP contribution < -0.4 is 10.1 Å². The van der Waals surface area contributed by atoms with Crippen molar-refractivity contribution in [1.29, 1.82) is 0 Å². The average molecular weight is 327 g/mol. The van der Waals surface area contributed by atoms with Crippen LogP contribution >= 0.6 is 23.2 Å². The number of hydrogen-bond donors (Lipinski definition) is 1. The van der Waals surface area contributed by atoms with Crippen molar-refractivity contribution >= 4 is 34.6 Å². The fourth-order valence-electron chi connectivity index (χ4n) is 1.90. The first-order valence-electron chi connectivity index (χ1n) is 6.02. The Morgan fingerprint density at radius 1 is 1.29 bits per heavy atom. The van der Waals surface area contributed by atoms with Gasteiger partial charge in [0.2, 0.25) is 0 Å². The molecule has 2 aromatic carbocycles. The van der Waals surface area contributed by atoms with Crippen molar-refractivity contribution < 1.29 is 9.66 Å². The fourth-order valence-corrected chi connectivity index (χ4v) is 2.30. The van der Waals surface area contributed by atoms with Crippen LogP contribution in [0.25, 0.3) is 0 Å². The summed E-state index contributed by atoms with van der Waals surface area (Å²) < 4.78 is 5.21. The Morgan fingerprint density at radius 2 is 2.05 bits per heavy atom. The van der Waals surface area contributed by atoms with Crippen molar-refractivity contribution in [2.24, 2.45) is 0 Å². The molecule has 0 fully saturated rings. The van der Waals surface area contributed by atoms with Crippen molar-refractivity contribution in [2.75, 3.05) is 12.4 Å². The lowest BCUT2D eigenvalue weighted by atomic mass is 10.1. The van der Waals surface area contributed by atoms with Crippen LogP contribution in [0.2, 0.25) is 10.0 Å². The summed E-state index contributed by atoms with van der Waals surface area (Å²) in [7, 11) is 1.53. The molecular formula is C14H12Cl2N2O3. The zero-order valence-corrected chi connectivity index (χ0v) is 12.6. The van der Waals surface area contributed by atoms with Gasteiger partial charge in [-0.05, 0) is 24.3 Å². The number of hydrogen-bond acceptors (Lipinski definition) is 4. The Hall–Kier alpha value is -1.98. The lowest BCUT2D eigenvalue weighted by molar-refractivity contribution is -0.385. The van der Waals surface area contributed by atoms with Crippen LogP contribution in [-0.2, 0) is 6.54 Å². The van der Waals surface area contributed by atoms with E-state index in [0.717, 1.165) is 0 Å². The number of nitrogens with one attached hydrogen (secondary N) is 1. The molecule has 0 aliphatic rings. The van der Waals surface area contributed by atoms with E-state index < -0.39 is 4.92 Å². The molecule has 0 aliphatic heterocycles. The van der Waals surface area contributed by atoms with E-state index >= 15 is 0 Å². The van der Waals surface area contributed by atoms with Crippen molar-refractivity contribution in [3.63, 3.8) is 0 Å². The zero-order chi connectivity index (χ0) is 15.4. The smallest absolute Gasteiger partial charge is 0.275 e. The van der Waals surface area contributed by atoms with Gasteiger partial charge in [0.05, 0.1) is 28.3 Å². The molecule has 21 heavy (non-hydrogen) atoms. The van der Waals surface area contributed by atoms with Crippen LogP contribution in [0.4, 0.5) is 11.4 Å². The maximum Gasteiger partial charge on any atom is 0.275 e. The first kappa shape index (κ1) is 15.4. The van der Waals surface area contributed by atoms with Gasteiger partial charge in [-0.15, -0.1) is 0 Å². The van der Waals surface area contributed by atoms with Gasteiger partial charge < -0.3 is 10.1 Å². The minimum Gasteiger partial charge on any atom is -0.495 e. The highest BCUT2D eigenvalue weighted by Gasteiger charge is 2.16. The summed E-state index contributed by atoms with van der Waals surface area (Å²) in [5.41, 5.74) is 1.02. The number of nitro benzene ring substituents is 1. The van der Waals surface area contributed by atoms with Gasteiger partial charge in [-0.25, -0.2) is 0 Å². The molecule has 0 heterocycles. The second kappa shape index (κ2) is 6.65. The van der Waals surface area contributed by atoms with E-state index in [1.807, 2.05) is 0 Å². The molecule has 5 nitrogen and oxygen atoms in total. The van der Waals surface area contributed by atoms with Crippen molar-refractivity contribution in [2.45, 2.75) is 6.54 Å². The van der Waals surface area contributed by atoms with E-state index in [1.165, 1.54) is 13.2 Å². The Kier molecular flexibility index (Phi) is 4.88. The van der Waals surface area contributed by atoms with Crippen LogP contribution in [0.3, 0.4) is 0 Å². The molecule has 1 N–H and O–H groups in total. The molecule has 0 radical (unpaired) electrons. The van der Waals surface area contributed by atoms with E-state index in [0.29, 0.717) is 27.0 Å². The molecule has 2 rings (SSSR count). The number of nitrogens with zero attached hydrogens (tertiary/aromatic N) is 1. The summed E-state index contributed by atoms with van der Waals surface area (Å²) in [4.78, 5) is 10.6. The minimum absolute atomic E-state index is 0.0315. The number of benzene rings is 2. The van der Waals surface area contributed by atoms with Crippen LogP contribution in [0, 0.1) is 10.1 Å². The Bertz CT molecular complexity index is 677. The van der Waals surface area contributed by atoms with Gasteiger partial charge in [-0.1, -0.05) is 29.3 Å². The van der Waals surface area contributed by atoms with Gasteiger partial charge in [0, 0.05) is 17.6 Å². The van der Waals surface area contributed by atoms with Crippen LogP contribution in [0.1, 0.15) is 5.56 Å². The first-order valence-corrected chi connectivity index (χ1v) is 6.77. The monoisotopic (exact) mass is 326 g/mol. The Labute approximate surface area is 131 Å². The third kappa shape index (κ3) is 3.56. The summed E-state index contributed by atoms with van der Waals surface area (Å²) in [6, 6.07) is 9.67. The normalized spacial score (nSPS) is 10.2. The van der Waals surface area contributed by atoms with E-state index in [2.05, 4.69) is 5.32 Å². The SMILES string of the molecule is COc1ccc(Cl)cc1NCc1c(Cl)cccc1[N+](=O)[O-]. The van der Waals surface area contributed by atoms with Gasteiger partial charge in [0.25, 0.3) is 5.69 Å². The third-order valence-corrected chi connectivity index (χ3v) is 3.50. The molecule has 0 aliphatic carbocycles. The molecule has 110 valence electrons. The largest absolute Gasteiger partial charge is 0.495 e. The summed E-state index contributed by atoms with van der Waals surface area (Å²) in [5, 5.41) is 15.0. The predicted molar refractivity (Wildman–Crippen MR) is 83.4 cm³/mol. The second-order valence-corrected chi connectivity index (χ2v) is 5.04. The number of ether oxygens (including phenoxy) is 1. The number of rotatable bonds is 5. The molecule has 2 aromatic rings.